The minimum Gasteiger partial charge on any atom is -0.285 e. The van der Waals surface area contributed by atoms with E-state index >= 15 is 0 Å². The molecular weight excluding hydrogens is 190 g/mol. The summed E-state index contributed by atoms with van der Waals surface area (Å²) in [4.78, 5) is 21.2. The van der Waals surface area contributed by atoms with Gasteiger partial charge in [0.1, 0.15) is 0 Å². The highest BCUT2D eigenvalue weighted by atomic mass is 32.2. The third-order valence-corrected chi connectivity index (χ3v) is 2.53. The van der Waals surface area contributed by atoms with Gasteiger partial charge in [0.05, 0.1) is 6.42 Å². The Morgan fingerprint density at radius 2 is 1.92 bits per heavy atom. The van der Waals surface area contributed by atoms with Crippen LogP contribution in [0.1, 0.15) is 6.42 Å². The van der Waals surface area contributed by atoms with E-state index in [0.717, 1.165) is 0 Å². The van der Waals surface area contributed by atoms with Crippen molar-refractivity contribution in [2.24, 2.45) is 0 Å². The van der Waals surface area contributed by atoms with E-state index in [2.05, 4.69) is 0 Å². The summed E-state index contributed by atoms with van der Waals surface area (Å²) in [6.45, 7) is 0. The number of carbonyl (C=O) groups is 2. The predicted octanol–water partition coefficient (Wildman–Crippen LogP) is -1.61. The zero-order valence-electron chi connectivity index (χ0n) is 5.67. The molecule has 0 aromatic carbocycles. The quantitative estimate of drug-likeness (QED) is 0.296. The smallest absolute Gasteiger partial charge is 0.277 e. The van der Waals surface area contributed by atoms with Crippen molar-refractivity contribution in [3.05, 3.63) is 0 Å². The molecule has 0 radical (unpaired) electrons. The van der Waals surface area contributed by atoms with E-state index in [4.69, 9.17) is 9.76 Å². The highest BCUT2D eigenvalue weighted by Gasteiger charge is 2.45. The van der Waals surface area contributed by atoms with Crippen molar-refractivity contribution >= 4 is 21.9 Å². The first-order valence-corrected chi connectivity index (χ1v) is 4.36. The molecule has 2 N–H and O–H groups in total. The SMILES string of the molecule is O=C1C[C@@H](S(=O)(=O)O)C(=O)N1O. The van der Waals surface area contributed by atoms with E-state index < -0.39 is 33.6 Å². The second-order valence-electron chi connectivity index (χ2n) is 2.25. The average molecular weight is 195 g/mol. The van der Waals surface area contributed by atoms with Gasteiger partial charge in [-0.25, -0.2) is 0 Å². The van der Waals surface area contributed by atoms with Gasteiger partial charge < -0.3 is 0 Å². The Bertz CT molecular complexity index is 331. The third-order valence-electron chi connectivity index (χ3n) is 1.44. The second kappa shape index (κ2) is 2.51. The van der Waals surface area contributed by atoms with Crippen molar-refractivity contribution in [3.63, 3.8) is 0 Å². The van der Waals surface area contributed by atoms with Crippen LogP contribution in [0.2, 0.25) is 0 Å². The molecular formula is C4H5NO6S. The van der Waals surface area contributed by atoms with Gasteiger partial charge in [-0.2, -0.15) is 13.5 Å². The van der Waals surface area contributed by atoms with Crippen LogP contribution >= 0.6 is 0 Å². The molecule has 0 aromatic heterocycles. The number of hydrogen-bond donors (Lipinski definition) is 2. The van der Waals surface area contributed by atoms with E-state index in [9.17, 15) is 18.0 Å². The molecule has 0 spiro atoms. The fourth-order valence-corrected chi connectivity index (χ4v) is 1.53. The summed E-state index contributed by atoms with van der Waals surface area (Å²) in [5, 5.41) is 6.40. The fourth-order valence-electron chi connectivity index (χ4n) is 0.824. The molecule has 1 fully saturated rings. The molecule has 0 aromatic rings. The van der Waals surface area contributed by atoms with Crippen molar-refractivity contribution in [3.8, 4) is 0 Å². The minimum atomic E-state index is -4.59. The lowest BCUT2D eigenvalue weighted by molar-refractivity contribution is -0.171. The van der Waals surface area contributed by atoms with Gasteiger partial charge in [0, 0.05) is 0 Å². The lowest BCUT2D eigenvalue weighted by Crippen LogP contribution is -2.32. The molecule has 1 atom stereocenters. The molecule has 2 amide bonds. The Morgan fingerprint density at radius 3 is 2.08 bits per heavy atom. The highest BCUT2D eigenvalue weighted by molar-refractivity contribution is 7.87. The standard InChI is InChI=1S/C4H5NO6S/c6-3-1-2(12(9,10)11)4(7)5(3)8/h2,8H,1H2,(H,9,10,11)/t2-/m1/s1. The normalized spacial score (nSPS) is 25.2. The van der Waals surface area contributed by atoms with Crippen LogP contribution in [0.3, 0.4) is 0 Å². The first-order valence-electron chi connectivity index (χ1n) is 2.86. The molecule has 0 aliphatic carbocycles. The van der Waals surface area contributed by atoms with Crippen LogP contribution in [-0.4, -0.2) is 40.3 Å². The number of imide groups is 1. The first-order chi connectivity index (χ1) is 5.34. The molecule has 1 rings (SSSR count). The summed E-state index contributed by atoms with van der Waals surface area (Å²) >= 11 is 0. The number of amides is 2. The highest BCUT2D eigenvalue weighted by Crippen LogP contribution is 2.16. The number of rotatable bonds is 1. The van der Waals surface area contributed by atoms with Gasteiger partial charge in [-0.05, 0) is 0 Å². The molecule has 8 heteroatoms. The third kappa shape index (κ3) is 1.31. The van der Waals surface area contributed by atoms with Crippen molar-refractivity contribution in [1.29, 1.82) is 0 Å². The molecule has 1 heterocycles. The van der Waals surface area contributed by atoms with E-state index in [1.165, 1.54) is 0 Å². The van der Waals surface area contributed by atoms with Crippen molar-refractivity contribution in [2.45, 2.75) is 11.7 Å². The average Bonchev–Trinajstić information content (AvgIpc) is 2.15. The van der Waals surface area contributed by atoms with E-state index in [-0.39, 0.29) is 5.06 Å². The van der Waals surface area contributed by atoms with Gasteiger partial charge in [0.25, 0.3) is 21.9 Å². The van der Waals surface area contributed by atoms with E-state index in [1.807, 2.05) is 0 Å². The maximum Gasteiger partial charge on any atom is 0.277 e. The maximum absolute atomic E-state index is 10.7. The number of hydrogen-bond acceptors (Lipinski definition) is 5. The summed E-state index contributed by atoms with van der Waals surface area (Å²) in [6.07, 6.45) is -0.714. The van der Waals surface area contributed by atoms with Crippen molar-refractivity contribution in [1.82, 2.24) is 5.06 Å². The summed E-state index contributed by atoms with van der Waals surface area (Å²) in [5.41, 5.74) is 0. The zero-order chi connectivity index (χ0) is 9.52. The van der Waals surface area contributed by atoms with Crippen LogP contribution in [0.5, 0.6) is 0 Å². The van der Waals surface area contributed by atoms with Gasteiger partial charge in [0.15, 0.2) is 5.25 Å². The van der Waals surface area contributed by atoms with Gasteiger partial charge in [-0.3, -0.25) is 19.3 Å². The molecule has 0 saturated carbocycles. The molecule has 12 heavy (non-hydrogen) atoms. The van der Waals surface area contributed by atoms with Crippen LogP contribution in [0.25, 0.3) is 0 Å². The summed E-state index contributed by atoms with van der Waals surface area (Å²) < 4.78 is 29.1. The Balaban J connectivity index is 3.01. The van der Waals surface area contributed by atoms with Crippen LogP contribution in [0.4, 0.5) is 0 Å². The van der Waals surface area contributed by atoms with E-state index in [0.29, 0.717) is 0 Å². The second-order valence-corrected chi connectivity index (χ2v) is 3.85. The molecule has 7 nitrogen and oxygen atoms in total. The Kier molecular flexibility index (Phi) is 1.90. The lowest BCUT2D eigenvalue weighted by Gasteiger charge is -2.02. The van der Waals surface area contributed by atoms with E-state index in [1.54, 1.807) is 0 Å². The predicted molar refractivity (Wildman–Crippen MR) is 33.6 cm³/mol. The largest absolute Gasteiger partial charge is 0.285 e. The summed E-state index contributed by atoms with van der Waals surface area (Å²) in [5.74, 6) is -2.36. The molecule has 0 bridgehead atoms. The van der Waals surface area contributed by atoms with Crippen molar-refractivity contribution < 1.29 is 27.8 Å². The van der Waals surface area contributed by atoms with Gasteiger partial charge in [-0.15, -0.1) is 0 Å². The minimum absolute atomic E-state index is 0.307. The number of hydroxylamine groups is 2. The Labute approximate surface area is 67.3 Å². The topological polar surface area (TPSA) is 112 Å². The molecule has 0 unspecified atom stereocenters. The molecule has 68 valence electrons. The molecule has 1 aliphatic rings. The zero-order valence-corrected chi connectivity index (χ0v) is 6.48. The Hall–Kier alpha value is -0.990. The summed E-state index contributed by atoms with van der Waals surface area (Å²) in [7, 11) is -4.59. The van der Waals surface area contributed by atoms with Gasteiger partial charge in [-0.1, -0.05) is 0 Å². The summed E-state index contributed by atoms with van der Waals surface area (Å²) in [6, 6.07) is 0. The first kappa shape index (κ1) is 9.10. The number of nitrogens with zero attached hydrogens (tertiary/aromatic N) is 1. The maximum atomic E-state index is 10.7. The molecule has 1 aliphatic heterocycles. The van der Waals surface area contributed by atoms with Crippen LogP contribution in [-0.2, 0) is 19.7 Å². The lowest BCUT2D eigenvalue weighted by atomic mass is 10.4. The number of carbonyl (C=O) groups excluding carboxylic acids is 2. The van der Waals surface area contributed by atoms with Crippen molar-refractivity contribution in [2.75, 3.05) is 0 Å². The Morgan fingerprint density at radius 1 is 1.42 bits per heavy atom. The molecule has 1 saturated heterocycles. The van der Waals surface area contributed by atoms with Crippen LogP contribution in [0.15, 0.2) is 0 Å². The van der Waals surface area contributed by atoms with Crippen LogP contribution in [0, 0.1) is 0 Å². The van der Waals surface area contributed by atoms with Crippen LogP contribution < -0.4 is 0 Å². The monoisotopic (exact) mass is 195 g/mol. The van der Waals surface area contributed by atoms with Gasteiger partial charge in [0.2, 0.25) is 0 Å². The van der Waals surface area contributed by atoms with Gasteiger partial charge >= 0.3 is 0 Å². The fraction of sp³-hybridized carbons (Fsp3) is 0.500.